The minimum atomic E-state index is 0.586. The van der Waals surface area contributed by atoms with Crippen LogP contribution in [0.3, 0.4) is 0 Å². The van der Waals surface area contributed by atoms with Gasteiger partial charge in [-0.2, -0.15) is 0 Å². The highest BCUT2D eigenvalue weighted by Crippen LogP contribution is 2.29. The van der Waals surface area contributed by atoms with Crippen molar-refractivity contribution in [3.8, 4) is 17.2 Å². The zero-order valence-electron chi connectivity index (χ0n) is 19.9. The van der Waals surface area contributed by atoms with Crippen LogP contribution in [0.2, 0.25) is 5.02 Å². The van der Waals surface area contributed by atoms with Gasteiger partial charge < -0.3 is 29.4 Å². The highest BCUT2D eigenvalue weighted by Gasteiger charge is 2.15. The summed E-state index contributed by atoms with van der Waals surface area (Å²) >= 11 is 12.2. The number of nitrogens with one attached hydrogen (secondary N) is 2. The third kappa shape index (κ3) is 5.81. The van der Waals surface area contributed by atoms with E-state index in [2.05, 4.69) is 21.3 Å². The van der Waals surface area contributed by atoms with Crippen LogP contribution in [0.5, 0.6) is 17.2 Å². The van der Waals surface area contributed by atoms with Crippen molar-refractivity contribution in [3.63, 3.8) is 0 Å². The van der Waals surface area contributed by atoms with Gasteiger partial charge >= 0.3 is 0 Å². The Balaban J connectivity index is 1.58. The van der Waals surface area contributed by atoms with Gasteiger partial charge in [-0.05, 0) is 72.2 Å². The molecule has 3 aromatic carbocycles. The smallest absolute Gasteiger partial charge is 0.173 e. The number of H-pyrrole nitrogens is 1. The van der Waals surface area contributed by atoms with Crippen LogP contribution in [0.1, 0.15) is 11.1 Å². The summed E-state index contributed by atoms with van der Waals surface area (Å²) in [4.78, 5) is 5.47. The lowest BCUT2D eigenvalue weighted by Crippen LogP contribution is -2.36. The molecule has 0 amide bonds. The molecule has 0 aliphatic heterocycles. The van der Waals surface area contributed by atoms with Gasteiger partial charge in [0.15, 0.2) is 16.6 Å². The minimum Gasteiger partial charge on any atom is -0.497 e. The van der Waals surface area contributed by atoms with Gasteiger partial charge in [-0.3, -0.25) is 0 Å². The third-order valence-corrected chi connectivity index (χ3v) is 6.54. The standard InChI is InChI=1S/C27H28ClN3O3S/c1-32-20-9-10-23-21(15-20)19(16-29-23)12-13-31(27(35)30-24-7-5-4-6-22(24)28)17-18-8-11-25(33-2)26(14-18)34-3/h4-11,14-16,29H,12-13,17H2,1-3H3,(H,30,35). The van der Waals surface area contributed by atoms with Gasteiger partial charge in [-0.1, -0.05) is 29.8 Å². The first-order chi connectivity index (χ1) is 17.0. The maximum atomic E-state index is 6.37. The zero-order chi connectivity index (χ0) is 24.8. The second-order valence-electron chi connectivity index (χ2n) is 8.00. The molecule has 0 saturated carbocycles. The van der Waals surface area contributed by atoms with Gasteiger partial charge in [0.05, 0.1) is 32.0 Å². The van der Waals surface area contributed by atoms with Crippen LogP contribution in [-0.4, -0.2) is 42.9 Å². The molecule has 182 valence electrons. The molecule has 0 aliphatic rings. The summed E-state index contributed by atoms with van der Waals surface area (Å²) in [6.07, 6.45) is 2.83. The number of para-hydroxylation sites is 1. The lowest BCUT2D eigenvalue weighted by atomic mass is 10.1. The monoisotopic (exact) mass is 509 g/mol. The van der Waals surface area contributed by atoms with E-state index in [1.165, 1.54) is 5.56 Å². The van der Waals surface area contributed by atoms with Crippen LogP contribution >= 0.6 is 23.8 Å². The Bertz CT molecular complexity index is 1320. The topological polar surface area (TPSA) is 58.8 Å². The summed E-state index contributed by atoms with van der Waals surface area (Å²) in [6.45, 7) is 1.27. The Morgan fingerprint density at radius 2 is 1.77 bits per heavy atom. The van der Waals surface area contributed by atoms with E-state index in [-0.39, 0.29) is 0 Å². The SMILES string of the molecule is COc1ccc2[nH]cc(CCN(Cc3ccc(OC)c(OC)c3)C(=S)Nc3ccccc3Cl)c2c1. The number of aromatic nitrogens is 1. The average Bonchev–Trinajstić information content (AvgIpc) is 3.29. The maximum absolute atomic E-state index is 6.37. The second kappa shape index (κ2) is 11.3. The Kier molecular flexibility index (Phi) is 8.00. The Labute approximate surface area is 215 Å². The molecule has 1 heterocycles. The molecule has 6 nitrogen and oxygen atoms in total. The molecule has 4 aromatic rings. The largest absolute Gasteiger partial charge is 0.497 e. The van der Waals surface area contributed by atoms with Crippen molar-refractivity contribution in [2.45, 2.75) is 13.0 Å². The fraction of sp³-hybridized carbons (Fsp3) is 0.222. The van der Waals surface area contributed by atoms with Crippen molar-refractivity contribution in [1.29, 1.82) is 0 Å². The molecular weight excluding hydrogens is 482 g/mol. The zero-order valence-corrected chi connectivity index (χ0v) is 21.5. The number of thiocarbonyl (C=S) groups is 1. The van der Waals surface area contributed by atoms with Crippen molar-refractivity contribution in [2.24, 2.45) is 0 Å². The van der Waals surface area contributed by atoms with Crippen LogP contribution < -0.4 is 19.5 Å². The highest BCUT2D eigenvalue weighted by molar-refractivity contribution is 7.80. The first kappa shape index (κ1) is 24.7. The van der Waals surface area contributed by atoms with Crippen molar-refractivity contribution in [3.05, 3.63) is 83.0 Å². The van der Waals surface area contributed by atoms with E-state index in [0.717, 1.165) is 34.3 Å². The van der Waals surface area contributed by atoms with Gasteiger partial charge in [0, 0.05) is 30.2 Å². The maximum Gasteiger partial charge on any atom is 0.173 e. The van der Waals surface area contributed by atoms with Gasteiger partial charge in [-0.15, -0.1) is 0 Å². The predicted molar refractivity (Wildman–Crippen MR) is 146 cm³/mol. The number of hydrogen-bond acceptors (Lipinski definition) is 4. The molecule has 35 heavy (non-hydrogen) atoms. The van der Waals surface area contributed by atoms with Crippen molar-refractivity contribution >= 4 is 45.5 Å². The van der Waals surface area contributed by atoms with Crippen LogP contribution in [0.25, 0.3) is 10.9 Å². The molecule has 0 saturated heterocycles. The van der Waals surface area contributed by atoms with Gasteiger partial charge in [0.1, 0.15) is 5.75 Å². The van der Waals surface area contributed by atoms with E-state index < -0.39 is 0 Å². The molecule has 0 atom stereocenters. The lowest BCUT2D eigenvalue weighted by Gasteiger charge is -2.27. The molecule has 0 unspecified atom stereocenters. The number of nitrogens with zero attached hydrogens (tertiary/aromatic N) is 1. The number of anilines is 1. The van der Waals surface area contributed by atoms with E-state index >= 15 is 0 Å². The second-order valence-corrected chi connectivity index (χ2v) is 8.79. The number of aromatic amines is 1. The molecule has 1 aromatic heterocycles. The van der Waals surface area contributed by atoms with Crippen molar-refractivity contribution in [1.82, 2.24) is 9.88 Å². The lowest BCUT2D eigenvalue weighted by molar-refractivity contribution is 0.353. The molecule has 0 spiro atoms. The molecule has 2 N–H and O–H groups in total. The average molecular weight is 510 g/mol. The van der Waals surface area contributed by atoms with Crippen LogP contribution in [0.4, 0.5) is 5.69 Å². The summed E-state index contributed by atoms with van der Waals surface area (Å²) in [5, 5.41) is 5.65. The summed E-state index contributed by atoms with van der Waals surface area (Å²) in [5.41, 5.74) is 4.08. The van der Waals surface area contributed by atoms with Crippen molar-refractivity contribution in [2.75, 3.05) is 33.2 Å². The van der Waals surface area contributed by atoms with Gasteiger partial charge in [0.2, 0.25) is 0 Å². The number of rotatable bonds is 9. The van der Waals surface area contributed by atoms with E-state index in [9.17, 15) is 0 Å². The fourth-order valence-electron chi connectivity index (χ4n) is 3.96. The Morgan fingerprint density at radius 1 is 0.971 bits per heavy atom. The minimum absolute atomic E-state index is 0.586. The van der Waals surface area contributed by atoms with E-state index in [1.54, 1.807) is 21.3 Å². The molecule has 4 rings (SSSR count). The molecule has 0 radical (unpaired) electrons. The van der Waals surface area contributed by atoms with Gasteiger partial charge in [0.25, 0.3) is 0 Å². The highest BCUT2D eigenvalue weighted by atomic mass is 35.5. The molecule has 0 fully saturated rings. The summed E-state index contributed by atoms with van der Waals surface area (Å²) in [5.74, 6) is 2.20. The van der Waals surface area contributed by atoms with E-state index in [1.807, 2.05) is 60.8 Å². The van der Waals surface area contributed by atoms with Crippen molar-refractivity contribution < 1.29 is 14.2 Å². The third-order valence-electron chi connectivity index (χ3n) is 5.85. The number of benzene rings is 3. The molecule has 0 aliphatic carbocycles. The summed E-state index contributed by atoms with van der Waals surface area (Å²) < 4.78 is 16.3. The predicted octanol–water partition coefficient (Wildman–Crippen LogP) is 6.29. The number of halogens is 1. The molecule has 0 bridgehead atoms. The quantitative estimate of drug-likeness (QED) is 0.259. The Hall–Kier alpha value is -3.42. The van der Waals surface area contributed by atoms with E-state index in [4.69, 9.17) is 38.0 Å². The first-order valence-electron chi connectivity index (χ1n) is 11.2. The van der Waals surface area contributed by atoms with E-state index in [0.29, 0.717) is 34.7 Å². The number of ether oxygens (including phenoxy) is 3. The van der Waals surface area contributed by atoms with Crippen LogP contribution in [-0.2, 0) is 13.0 Å². The fourth-order valence-corrected chi connectivity index (χ4v) is 4.40. The molecular formula is C27H28ClN3O3S. The summed E-state index contributed by atoms with van der Waals surface area (Å²) in [6, 6.07) is 19.5. The molecule has 8 heteroatoms. The first-order valence-corrected chi connectivity index (χ1v) is 12.0. The van der Waals surface area contributed by atoms with Gasteiger partial charge in [-0.25, -0.2) is 0 Å². The number of hydrogen-bond donors (Lipinski definition) is 2. The Morgan fingerprint density at radius 3 is 2.51 bits per heavy atom. The number of methoxy groups -OCH3 is 3. The number of fused-ring (bicyclic) bond motifs is 1. The van der Waals surface area contributed by atoms with Crippen LogP contribution in [0, 0.1) is 0 Å². The van der Waals surface area contributed by atoms with Crippen LogP contribution in [0.15, 0.2) is 66.9 Å². The summed E-state index contributed by atoms with van der Waals surface area (Å²) in [7, 11) is 4.94. The normalized spacial score (nSPS) is 10.7.